The van der Waals surface area contributed by atoms with Gasteiger partial charge in [-0.05, 0) is 61.6 Å². The van der Waals surface area contributed by atoms with Crippen LogP contribution in [0, 0.1) is 0 Å². The highest BCUT2D eigenvalue weighted by Gasteiger charge is 2.35. The monoisotopic (exact) mass is 437 g/mol. The summed E-state index contributed by atoms with van der Waals surface area (Å²) in [7, 11) is 0. The first-order valence-electron chi connectivity index (χ1n) is 10.1. The van der Waals surface area contributed by atoms with Crippen LogP contribution >= 0.6 is 22.9 Å². The van der Waals surface area contributed by atoms with E-state index in [0.29, 0.717) is 22.3 Å². The van der Waals surface area contributed by atoms with Gasteiger partial charge in [0.15, 0.2) is 5.13 Å². The van der Waals surface area contributed by atoms with E-state index in [4.69, 9.17) is 11.6 Å². The maximum atomic E-state index is 13.4. The second kappa shape index (κ2) is 7.85. The highest BCUT2D eigenvalue weighted by Crippen LogP contribution is 2.40. The number of fused-ring (bicyclic) bond motifs is 2. The molecule has 1 atom stereocenters. The molecule has 5 nitrogen and oxygen atoms in total. The Morgan fingerprint density at radius 2 is 1.90 bits per heavy atom. The van der Waals surface area contributed by atoms with Crippen molar-refractivity contribution in [1.82, 2.24) is 4.98 Å². The van der Waals surface area contributed by atoms with Gasteiger partial charge in [0.1, 0.15) is 0 Å². The number of rotatable bonds is 3. The third-order valence-corrected chi connectivity index (χ3v) is 7.03. The molecule has 1 aromatic heterocycles. The first-order valence-corrected chi connectivity index (χ1v) is 11.3. The van der Waals surface area contributed by atoms with Crippen molar-refractivity contribution < 1.29 is 9.59 Å². The molecule has 2 heterocycles. The van der Waals surface area contributed by atoms with E-state index in [0.717, 1.165) is 41.9 Å². The van der Waals surface area contributed by atoms with Crippen LogP contribution < -0.4 is 10.2 Å². The van der Waals surface area contributed by atoms with Crippen molar-refractivity contribution in [1.29, 1.82) is 0 Å². The maximum absolute atomic E-state index is 13.4. The van der Waals surface area contributed by atoms with Crippen LogP contribution in [0.4, 0.5) is 10.8 Å². The van der Waals surface area contributed by atoms with Gasteiger partial charge in [0.25, 0.3) is 5.91 Å². The van der Waals surface area contributed by atoms with Crippen molar-refractivity contribution in [2.45, 2.75) is 31.6 Å². The highest BCUT2D eigenvalue weighted by molar-refractivity contribution is 7.16. The predicted octanol–water partition coefficient (Wildman–Crippen LogP) is 5.06. The Morgan fingerprint density at radius 3 is 2.73 bits per heavy atom. The number of aryl methyl sites for hydroxylation is 1. The number of aromatic nitrogens is 1. The Labute approximate surface area is 183 Å². The lowest BCUT2D eigenvalue weighted by atomic mass is 9.90. The van der Waals surface area contributed by atoms with Gasteiger partial charge in [-0.3, -0.25) is 14.9 Å². The smallest absolute Gasteiger partial charge is 0.257 e. The van der Waals surface area contributed by atoms with E-state index >= 15 is 0 Å². The standard InChI is InChI=1S/C23H20ClN3O2S/c24-16-10-8-15(9-11-16)21(28)26-23-25-20-17(5-3-7-19(20)30-23)22(29)27-13-12-14-4-1-2-6-18(14)27/h1-2,4,6,8-11,17H,3,5,7,12-13H2,(H,25,26,28). The lowest BCUT2D eigenvalue weighted by Gasteiger charge is -2.26. The van der Waals surface area contributed by atoms with Gasteiger partial charge in [-0.2, -0.15) is 0 Å². The van der Waals surface area contributed by atoms with E-state index in [2.05, 4.69) is 16.4 Å². The molecule has 30 heavy (non-hydrogen) atoms. The van der Waals surface area contributed by atoms with Crippen LogP contribution in [0.2, 0.25) is 5.02 Å². The van der Waals surface area contributed by atoms with Gasteiger partial charge in [0.2, 0.25) is 5.91 Å². The molecule has 2 amide bonds. The van der Waals surface area contributed by atoms with Gasteiger partial charge in [0.05, 0.1) is 11.6 Å². The van der Waals surface area contributed by atoms with Gasteiger partial charge >= 0.3 is 0 Å². The van der Waals surface area contributed by atoms with Crippen LogP contribution in [0.3, 0.4) is 0 Å². The first kappa shape index (κ1) is 19.3. The van der Waals surface area contributed by atoms with E-state index < -0.39 is 0 Å². The van der Waals surface area contributed by atoms with E-state index in [1.807, 2.05) is 23.1 Å². The molecule has 152 valence electrons. The third-order valence-electron chi connectivity index (χ3n) is 5.73. The zero-order valence-corrected chi connectivity index (χ0v) is 17.8. The van der Waals surface area contributed by atoms with Crippen molar-refractivity contribution in [3.05, 3.63) is 75.3 Å². The molecule has 2 aromatic carbocycles. The number of hydrogen-bond donors (Lipinski definition) is 1. The number of nitrogens with zero attached hydrogens (tertiary/aromatic N) is 2. The van der Waals surface area contributed by atoms with Crippen molar-refractivity contribution in [2.75, 3.05) is 16.8 Å². The molecule has 0 radical (unpaired) electrons. The van der Waals surface area contributed by atoms with Crippen LogP contribution in [-0.4, -0.2) is 23.3 Å². The largest absolute Gasteiger partial charge is 0.311 e. The van der Waals surface area contributed by atoms with Gasteiger partial charge in [-0.1, -0.05) is 29.8 Å². The number of para-hydroxylation sites is 1. The molecule has 2 aliphatic rings. The quantitative estimate of drug-likeness (QED) is 0.623. The summed E-state index contributed by atoms with van der Waals surface area (Å²) in [6, 6.07) is 14.8. The Bertz CT molecular complexity index is 1130. The van der Waals surface area contributed by atoms with E-state index in [9.17, 15) is 9.59 Å². The Kier molecular flexibility index (Phi) is 5.05. The van der Waals surface area contributed by atoms with Crippen LogP contribution in [0.1, 0.15) is 45.3 Å². The minimum Gasteiger partial charge on any atom is -0.311 e. The van der Waals surface area contributed by atoms with Crippen molar-refractivity contribution in [3.63, 3.8) is 0 Å². The third kappa shape index (κ3) is 3.50. The molecule has 0 spiro atoms. The number of anilines is 2. The lowest BCUT2D eigenvalue weighted by molar-refractivity contribution is -0.120. The fraction of sp³-hybridized carbons (Fsp3) is 0.261. The van der Waals surface area contributed by atoms with Crippen LogP contribution in [0.25, 0.3) is 0 Å². The molecule has 0 saturated heterocycles. The molecule has 7 heteroatoms. The molecular formula is C23H20ClN3O2S. The highest BCUT2D eigenvalue weighted by atomic mass is 35.5. The topological polar surface area (TPSA) is 62.3 Å². The number of thiazole rings is 1. The molecule has 0 saturated carbocycles. The summed E-state index contributed by atoms with van der Waals surface area (Å²) in [5.74, 6) is -0.367. The molecule has 0 bridgehead atoms. The number of carbonyl (C=O) groups is 2. The van der Waals surface area contributed by atoms with Gasteiger partial charge < -0.3 is 4.90 Å². The molecule has 1 unspecified atom stereocenters. The minimum atomic E-state index is -0.252. The number of hydrogen-bond acceptors (Lipinski definition) is 4. The van der Waals surface area contributed by atoms with Gasteiger partial charge in [0, 0.05) is 27.7 Å². The molecule has 1 aliphatic carbocycles. The summed E-state index contributed by atoms with van der Waals surface area (Å²) in [5, 5.41) is 4.01. The number of carbonyl (C=O) groups excluding carboxylic acids is 2. The van der Waals surface area contributed by atoms with E-state index in [1.165, 1.54) is 16.9 Å². The van der Waals surface area contributed by atoms with Gasteiger partial charge in [-0.15, -0.1) is 11.3 Å². The summed E-state index contributed by atoms with van der Waals surface area (Å²) in [6.45, 7) is 0.717. The average Bonchev–Trinajstić information content (AvgIpc) is 3.37. The number of benzene rings is 2. The fourth-order valence-corrected chi connectivity index (χ4v) is 5.42. The van der Waals surface area contributed by atoms with E-state index in [-0.39, 0.29) is 17.7 Å². The summed E-state index contributed by atoms with van der Waals surface area (Å²) >= 11 is 7.37. The Hall–Kier alpha value is -2.70. The number of halogens is 1. The van der Waals surface area contributed by atoms with Crippen molar-refractivity contribution in [3.8, 4) is 0 Å². The van der Waals surface area contributed by atoms with Crippen molar-refractivity contribution >= 4 is 45.6 Å². The zero-order chi connectivity index (χ0) is 20.7. The normalized spacial score (nSPS) is 17.4. The molecule has 1 N–H and O–H groups in total. The molecule has 0 fully saturated rings. The molecule has 1 aliphatic heterocycles. The average molecular weight is 438 g/mol. The van der Waals surface area contributed by atoms with Crippen molar-refractivity contribution in [2.24, 2.45) is 0 Å². The van der Waals surface area contributed by atoms with E-state index in [1.54, 1.807) is 24.3 Å². The fourth-order valence-electron chi connectivity index (χ4n) is 4.24. The maximum Gasteiger partial charge on any atom is 0.257 e. The number of nitrogens with one attached hydrogen (secondary N) is 1. The Morgan fingerprint density at radius 1 is 1.10 bits per heavy atom. The molecule has 5 rings (SSSR count). The molecule has 3 aromatic rings. The first-order chi connectivity index (χ1) is 14.6. The lowest BCUT2D eigenvalue weighted by Crippen LogP contribution is -2.35. The summed E-state index contributed by atoms with van der Waals surface area (Å²) in [4.78, 5) is 33.6. The van der Waals surface area contributed by atoms with Crippen LogP contribution in [0.15, 0.2) is 48.5 Å². The molecular weight excluding hydrogens is 418 g/mol. The second-order valence-corrected chi connectivity index (χ2v) is 9.12. The summed E-state index contributed by atoms with van der Waals surface area (Å²) in [6.07, 6.45) is 3.52. The minimum absolute atomic E-state index is 0.113. The number of amides is 2. The SMILES string of the molecule is O=C(Nc1nc2c(s1)CCCC2C(=O)N1CCc2ccccc21)c1ccc(Cl)cc1. The predicted molar refractivity (Wildman–Crippen MR) is 120 cm³/mol. The van der Waals surface area contributed by atoms with Crippen LogP contribution in [-0.2, 0) is 17.6 Å². The summed E-state index contributed by atoms with van der Waals surface area (Å²) in [5.41, 5.74) is 3.58. The Balaban J connectivity index is 1.37. The second-order valence-electron chi connectivity index (χ2n) is 7.60. The summed E-state index contributed by atoms with van der Waals surface area (Å²) < 4.78 is 0. The van der Waals surface area contributed by atoms with Gasteiger partial charge in [-0.25, -0.2) is 4.98 Å². The van der Waals surface area contributed by atoms with Crippen LogP contribution in [0.5, 0.6) is 0 Å². The zero-order valence-electron chi connectivity index (χ0n) is 16.2.